The lowest BCUT2D eigenvalue weighted by Crippen LogP contribution is -2.47. The van der Waals surface area contributed by atoms with Crippen LogP contribution < -0.4 is 5.73 Å². The molecular formula is C22H17N9. The van der Waals surface area contributed by atoms with Gasteiger partial charge >= 0.3 is 0 Å². The highest BCUT2D eigenvalue weighted by molar-refractivity contribution is 5.96. The summed E-state index contributed by atoms with van der Waals surface area (Å²) in [5, 5.41) is 36.7. The molecule has 9 heteroatoms. The van der Waals surface area contributed by atoms with Crippen molar-refractivity contribution in [2.24, 2.45) is 5.92 Å². The highest BCUT2D eigenvalue weighted by Gasteiger charge is 2.48. The summed E-state index contributed by atoms with van der Waals surface area (Å²) in [7, 11) is 0. The molecule has 150 valence electrons. The summed E-state index contributed by atoms with van der Waals surface area (Å²) >= 11 is 0. The van der Waals surface area contributed by atoms with Gasteiger partial charge in [0.2, 0.25) is 0 Å². The molecule has 1 aliphatic rings. The van der Waals surface area contributed by atoms with E-state index in [9.17, 15) is 10.5 Å². The number of nitriles is 2. The number of pyridine rings is 1. The monoisotopic (exact) mass is 407 g/mol. The second-order valence-electron chi connectivity index (χ2n) is 7.75. The molecule has 0 spiro atoms. The van der Waals surface area contributed by atoms with E-state index in [1.807, 2.05) is 30.3 Å². The first-order valence-electron chi connectivity index (χ1n) is 9.80. The van der Waals surface area contributed by atoms with E-state index < -0.39 is 5.54 Å². The first kappa shape index (κ1) is 18.6. The van der Waals surface area contributed by atoms with Gasteiger partial charge in [0.25, 0.3) is 0 Å². The van der Waals surface area contributed by atoms with Crippen LogP contribution in [0.15, 0.2) is 48.8 Å². The molecule has 1 saturated carbocycles. The molecule has 1 aliphatic carbocycles. The zero-order valence-electron chi connectivity index (χ0n) is 16.5. The van der Waals surface area contributed by atoms with Crippen molar-refractivity contribution in [3.63, 3.8) is 0 Å². The molecule has 0 saturated heterocycles. The van der Waals surface area contributed by atoms with E-state index in [1.54, 1.807) is 23.3 Å². The van der Waals surface area contributed by atoms with Gasteiger partial charge < -0.3 is 5.73 Å². The molecule has 3 heterocycles. The van der Waals surface area contributed by atoms with Crippen LogP contribution in [0.4, 0.5) is 5.82 Å². The Balaban J connectivity index is 1.62. The second kappa shape index (κ2) is 7.15. The Morgan fingerprint density at radius 2 is 2.00 bits per heavy atom. The van der Waals surface area contributed by atoms with E-state index in [-0.39, 0.29) is 12.3 Å². The van der Waals surface area contributed by atoms with Crippen molar-refractivity contribution in [3.8, 4) is 34.7 Å². The van der Waals surface area contributed by atoms with Crippen LogP contribution in [0.2, 0.25) is 0 Å². The highest BCUT2D eigenvalue weighted by atomic mass is 15.5. The van der Waals surface area contributed by atoms with Crippen LogP contribution in [0.3, 0.4) is 0 Å². The van der Waals surface area contributed by atoms with E-state index in [4.69, 9.17) is 10.8 Å². The molecule has 2 N–H and O–H groups in total. The molecule has 1 fully saturated rings. The quantitative estimate of drug-likeness (QED) is 0.543. The van der Waals surface area contributed by atoms with Gasteiger partial charge in [-0.2, -0.15) is 25.5 Å². The van der Waals surface area contributed by atoms with Crippen LogP contribution in [-0.4, -0.2) is 30.2 Å². The number of nitrogens with two attached hydrogens (primary N) is 1. The van der Waals surface area contributed by atoms with Crippen LogP contribution in [0, 0.1) is 28.6 Å². The lowest BCUT2D eigenvalue weighted by molar-refractivity contribution is 0.0713. The minimum Gasteiger partial charge on any atom is -0.382 e. The molecule has 9 nitrogen and oxygen atoms in total. The fraction of sp³-hybridized carbons (Fsp3) is 0.227. The fourth-order valence-electron chi connectivity index (χ4n) is 4.13. The first-order valence-corrected chi connectivity index (χ1v) is 9.80. The smallest absolute Gasteiger partial charge is 0.146 e. The number of fused-ring (bicyclic) bond motifs is 1. The topological polar surface area (TPSA) is 143 Å². The third-order valence-corrected chi connectivity index (χ3v) is 5.74. The number of nitrogens with zero attached hydrogens (tertiary/aromatic N) is 8. The van der Waals surface area contributed by atoms with Gasteiger partial charge in [-0.25, -0.2) is 0 Å². The van der Waals surface area contributed by atoms with Gasteiger partial charge in [0, 0.05) is 22.7 Å². The molecule has 0 aliphatic heterocycles. The van der Waals surface area contributed by atoms with Crippen molar-refractivity contribution in [1.29, 1.82) is 10.5 Å². The average Bonchev–Trinajstić information content (AvgIpc) is 3.26. The second-order valence-corrected chi connectivity index (χ2v) is 7.75. The molecule has 0 amide bonds. The van der Waals surface area contributed by atoms with Gasteiger partial charge in [-0.15, -0.1) is 10.2 Å². The average molecular weight is 407 g/mol. The maximum absolute atomic E-state index is 9.30. The molecule has 0 bridgehead atoms. The number of aromatic nitrogens is 6. The summed E-state index contributed by atoms with van der Waals surface area (Å²) in [6.45, 7) is 0. The molecule has 0 atom stereocenters. The molecule has 0 radical (unpaired) electrons. The number of nitrogen functional groups attached to an aromatic ring is 1. The standard InChI is InChI=1S/C22H17N9/c23-6-5-22(10-14(11-22)12-24)31-27-13-20(30-31)17-8-15(18-3-4-21(25)29-28-18)9-19-16(17)2-1-7-26-19/h1-4,7-9,13-14H,5,10-11H2,(H2,25,29)/t14-,22-. The first-order chi connectivity index (χ1) is 15.1. The molecule has 3 aromatic heterocycles. The van der Waals surface area contributed by atoms with Gasteiger partial charge in [0.05, 0.1) is 47.4 Å². The van der Waals surface area contributed by atoms with E-state index in [0.717, 1.165) is 22.0 Å². The Kier molecular flexibility index (Phi) is 4.30. The van der Waals surface area contributed by atoms with Crippen molar-refractivity contribution in [1.82, 2.24) is 30.2 Å². The predicted octanol–water partition coefficient (Wildman–Crippen LogP) is 3.08. The highest BCUT2D eigenvalue weighted by Crippen LogP contribution is 2.45. The number of benzene rings is 1. The maximum Gasteiger partial charge on any atom is 0.146 e. The van der Waals surface area contributed by atoms with E-state index in [0.29, 0.717) is 30.0 Å². The lowest BCUT2D eigenvalue weighted by Gasteiger charge is -2.42. The summed E-state index contributed by atoms with van der Waals surface area (Å²) in [6.07, 6.45) is 4.85. The molecule has 31 heavy (non-hydrogen) atoms. The summed E-state index contributed by atoms with van der Waals surface area (Å²) in [5.74, 6) is 0.282. The van der Waals surface area contributed by atoms with Gasteiger partial charge in [-0.3, -0.25) is 4.98 Å². The van der Waals surface area contributed by atoms with Gasteiger partial charge in [-0.05, 0) is 43.2 Å². The molecule has 0 unspecified atom stereocenters. The Hall–Kier alpha value is -4.37. The van der Waals surface area contributed by atoms with Gasteiger partial charge in [-0.1, -0.05) is 6.07 Å². The third kappa shape index (κ3) is 3.13. The van der Waals surface area contributed by atoms with Crippen molar-refractivity contribution in [2.45, 2.75) is 24.8 Å². The zero-order valence-corrected chi connectivity index (χ0v) is 16.5. The van der Waals surface area contributed by atoms with Crippen LogP contribution in [0.25, 0.3) is 33.4 Å². The van der Waals surface area contributed by atoms with Crippen molar-refractivity contribution in [2.75, 3.05) is 5.73 Å². The van der Waals surface area contributed by atoms with Gasteiger partial charge in [0.15, 0.2) is 0 Å². The predicted molar refractivity (Wildman–Crippen MR) is 113 cm³/mol. The van der Waals surface area contributed by atoms with Gasteiger partial charge in [0.1, 0.15) is 11.5 Å². The Morgan fingerprint density at radius 3 is 2.74 bits per heavy atom. The van der Waals surface area contributed by atoms with Crippen molar-refractivity contribution >= 4 is 16.7 Å². The summed E-state index contributed by atoms with van der Waals surface area (Å²) in [5.41, 5.74) is 8.97. The van der Waals surface area contributed by atoms with Crippen LogP contribution in [0.1, 0.15) is 19.3 Å². The minimum absolute atomic E-state index is 0.0692. The van der Waals surface area contributed by atoms with E-state index in [2.05, 4.69) is 32.4 Å². The van der Waals surface area contributed by atoms with E-state index >= 15 is 0 Å². The molecular weight excluding hydrogens is 390 g/mol. The lowest BCUT2D eigenvalue weighted by atomic mass is 9.68. The SMILES string of the molecule is N#CC[C@]1(n2ncc(-c3cc(-c4ccc(N)nn4)cc4ncccc34)n2)C[C@H](C#N)C1. The van der Waals surface area contributed by atoms with Crippen LogP contribution in [0.5, 0.6) is 0 Å². The van der Waals surface area contributed by atoms with Crippen LogP contribution in [-0.2, 0) is 5.54 Å². The van der Waals surface area contributed by atoms with E-state index in [1.165, 1.54) is 0 Å². The van der Waals surface area contributed by atoms with Crippen molar-refractivity contribution < 1.29 is 0 Å². The fourth-order valence-corrected chi connectivity index (χ4v) is 4.13. The molecule has 5 rings (SSSR count). The Labute approximate surface area is 177 Å². The van der Waals surface area contributed by atoms with Crippen LogP contribution >= 0.6 is 0 Å². The summed E-state index contributed by atoms with van der Waals surface area (Å²) in [4.78, 5) is 6.11. The van der Waals surface area contributed by atoms with Crippen molar-refractivity contribution in [3.05, 3.63) is 48.8 Å². The minimum atomic E-state index is -0.526. The number of anilines is 1. The number of hydrogen-bond acceptors (Lipinski definition) is 8. The summed E-state index contributed by atoms with van der Waals surface area (Å²) < 4.78 is 0. The molecule has 1 aromatic carbocycles. The zero-order chi connectivity index (χ0) is 21.4. The molecule has 4 aromatic rings. The number of hydrogen-bond donors (Lipinski definition) is 1. The Morgan fingerprint density at radius 1 is 1.13 bits per heavy atom. The Bertz CT molecular complexity index is 1350. The number of rotatable bonds is 4. The third-order valence-electron chi connectivity index (χ3n) is 5.74. The largest absolute Gasteiger partial charge is 0.382 e. The summed E-state index contributed by atoms with van der Waals surface area (Å²) in [6, 6.07) is 15.8. The maximum atomic E-state index is 9.30. The normalized spacial score (nSPS) is 20.0.